The van der Waals surface area contributed by atoms with Crippen LogP contribution in [-0.2, 0) is 23.1 Å². The number of halogens is 4. The largest absolute Gasteiger partial charge is 0.494 e. The van der Waals surface area contributed by atoms with Gasteiger partial charge in [-0.2, -0.15) is 13.2 Å². The first-order valence-corrected chi connectivity index (χ1v) is 8.20. The van der Waals surface area contributed by atoms with Crippen LogP contribution < -0.4 is 10.1 Å². The summed E-state index contributed by atoms with van der Waals surface area (Å²) in [5, 5.41) is 2.43. The van der Waals surface area contributed by atoms with Crippen LogP contribution in [0, 0.1) is 5.82 Å². The van der Waals surface area contributed by atoms with Crippen LogP contribution in [0.15, 0.2) is 42.5 Å². The van der Waals surface area contributed by atoms with E-state index in [0.717, 1.165) is 23.1 Å². The Morgan fingerprint density at radius 1 is 1.14 bits per heavy atom. The van der Waals surface area contributed by atoms with Crippen molar-refractivity contribution in [3.8, 4) is 5.75 Å². The minimum absolute atomic E-state index is 0.00378. The highest BCUT2D eigenvalue weighted by atomic mass is 19.4. The van der Waals surface area contributed by atoms with Crippen LogP contribution in [0.3, 0.4) is 0 Å². The van der Waals surface area contributed by atoms with E-state index in [1.54, 1.807) is 0 Å². The molecule has 5 nitrogen and oxygen atoms in total. The Balaban J connectivity index is 1.90. The topological polar surface area (TPSA) is 58.6 Å². The number of hydrogen-bond acceptors (Lipinski definition) is 3. The smallest absolute Gasteiger partial charge is 0.416 e. The van der Waals surface area contributed by atoms with Crippen LogP contribution in [0.5, 0.6) is 5.75 Å². The number of rotatable bonds is 4. The van der Waals surface area contributed by atoms with Crippen molar-refractivity contribution < 1.29 is 31.9 Å². The summed E-state index contributed by atoms with van der Waals surface area (Å²) in [6.07, 6.45) is -4.58. The van der Waals surface area contributed by atoms with Crippen molar-refractivity contribution in [2.45, 2.75) is 25.2 Å². The van der Waals surface area contributed by atoms with Gasteiger partial charge in [-0.3, -0.25) is 9.69 Å². The molecule has 9 heteroatoms. The van der Waals surface area contributed by atoms with E-state index in [4.69, 9.17) is 4.74 Å². The highest BCUT2D eigenvalue weighted by Gasteiger charge is 2.49. The van der Waals surface area contributed by atoms with Crippen LogP contribution >= 0.6 is 0 Å². The number of urea groups is 1. The van der Waals surface area contributed by atoms with Gasteiger partial charge in [0.1, 0.15) is 5.54 Å². The number of nitrogens with one attached hydrogen (secondary N) is 1. The van der Waals surface area contributed by atoms with E-state index in [1.165, 1.54) is 38.3 Å². The van der Waals surface area contributed by atoms with E-state index in [2.05, 4.69) is 5.32 Å². The Bertz CT molecular complexity index is 945. The van der Waals surface area contributed by atoms with E-state index in [1.807, 2.05) is 0 Å². The number of carbonyl (C=O) groups is 2. The standard InChI is InChI=1S/C19H16F4N2O3/c1-18(12-4-3-5-13(9-12)19(21,22)23)16(26)25(17(27)24-18)10-11-6-7-15(28-2)14(20)8-11/h3-9H,10H2,1-2H3,(H,24,27). The number of ether oxygens (including phenoxy) is 1. The molecule has 1 unspecified atom stereocenters. The van der Waals surface area contributed by atoms with Gasteiger partial charge in [0.15, 0.2) is 11.6 Å². The van der Waals surface area contributed by atoms with Gasteiger partial charge in [0.25, 0.3) is 5.91 Å². The van der Waals surface area contributed by atoms with Crippen molar-refractivity contribution in [2.24, 2.45) is 0 Å². The van der Waals surface area contributed by atoms with Crippen LogP contribution in [0.1, 0.15) is 23.6 Å². The molecule has 1 aliphatic heterocycles. The molecule has 0 aliphatic carbocycles. The number of nitrogens with zero attached hydrogens (tertiary/aromatic N) is 1. The molecule has 2 aromatic carbocycles. The summed E-state index contributed by atoms with van der Waals surface area (Å²) < 4.78 is 57.6. The number of alkyl halides is 3. The summed E-state index contributed by atoms with van der Waals surface area (Å²) in [5.74, 6) is -1.38. The highest BCUT2D eigenvalue weighted by molar-refractivity contribution is 6.07. The Kier molecular flexibility index (Phi) is 4.78. The molecule has 0 radical (unpaired) electrons. The van der Waals surface area contributed by atoms with Crippen molar-refractivity contribution in [2.75, 3.05) is 7.11 Å². The first-order chi connectivity index (χ1) is 13.1. The molecule has 3 rings (SSSR count). The summed E-state index contributed by atoms with van der Waals surface area (Å²) >= 11 is 0. The van der Waals surface area contributed by atoms with E-state index in [-0.39, 0.29) is 17.9 Å². The Hall–Kier alpha value is -3.10. The maximum absolute atomic E-state index is 13.9. The number of benzene rings is 2. The van der Waals surface area contributed by atoms with Crippen molar-refractivity contribution in [3.63, 3.8) is 0 Å². The van der Waals surface area contributed by atoms with E-state index in [9.17, 15) is 27.2 Å². The average molecular weight is 396 g/mol. The Morgan fingerprint density at radius 3 is 2.46 bits per heavy atom. The number of carbonyl (C=O) groups excluding carboxylic acids is 2. The molecule has 1 fully saturated rings. The maximum Gasteiger partial charge on any atom is 0.416 e. The second kappa shape index (κ2) is 6.81. The summed E-state index contributed by atoms with van der Waals surface area (Å²) in [7, 11) is 1.30. The third-order valence-corrected chi connectivity index (χ3v) is 4.60. The molecular weight excluding hydrogens is 380 g/mol. The molecule has 0 aromatic heterocycles. The number of hydrogen-bond donors (Lipinski definition) is 1. The molecule has 28 heavy (non-hydrogen) atoms. The SMILES string of the molecule is COc1ccc(CN2C(=O)NC(C)(c3cccc(C(F)(F)F)c3)C2=O)cc1F. The van der Waals surface area contributed by atoms with E-state index >= 15 is 0 Å². The van der Waals surface area contributed by atoms with Gasteiger partial charge in [-0.15, -0.1) is 0 Å². The van der Waals surface area contributed by atoms with E-state index in [0.29, 0.717) is 5.56 Å². The first-order valence-electron chi connectivity index (χ1n) is 8.20. The minimum atomic E-state index is -4.58. The zero-order chi connectivity index (χ0) is 20.7. The molecule has 0 spiro atoms. The van der Waals surface area contributed by atoms with Gasteiger partial charge < -0.3 is 10.1 Å². The number of amides is 3. The average Bonchev–Trinajstić information content (AvgIpc) is 2.85. The Morgan fingerprint density at radius 2 is 1.86 bits per heavy atom. The van der Waals surface area contributed by atoms with Gasteiger partial charge in [0.2, 0.25) is 0 Å². The van der Waals surface area contributed by atoms with Gasteiger partial charge in [0.05, 0.1) is 19.2 Å². The van der Waals surface area contributed by atoms with Gasteiger partial charge in [-0.1, -0.05) is 18.2 Å². The van der Waals surface area contributed by atoms with Crippen LogP contribution in [0.2, 0.25) is 0 Å². The molecule has 1 N–H and O–H groups in total. The number of imide groups is 1. The predicted molar refractivity (Wildman–Crippen MR) is 90.8 cm³/mol. The highest BCUT2D eigenvalue weighted by Crippen LogP contribution is 2.35. The second-order valence-corrected chi connectivity index (χ2v) is 6.49. The predicted octanol–water partition coefficient (Wildman–Crippen LogP) is 3.82. The monoisotopic (exact) mass is 396 g/mol. The lowest BCUT2D eigenvalue weighted by Crippen LogP contribution is -2.41. The van der Waals surface area contributed by atoms with Crippen molar-refractivity contribution >= 4 is 11.9 Å². The lowest BCUT2D eigenvalue weighted by Gasteiger charge is -2.23. The van der Waals surface area contributed by atoms with Crippen molar-refractivity contribution in [3.05, 3.63) is 65.0 Å². The van der Waals surface area contributed by atoms with Gasteiger partial charge in [-0.05, 0) is 42.3 Å². The van der Waals surface area contributed by atoms with Crippen molar-refractivity contribution in [1.29, 1.82) is 0 Å². The third-order valence-electron chi connectivity index (χ3n) is 4.60. The number of methoxy groups -OCH3 is 1. The molecule has 1 saturated heterocycles. The zero-order valence-electron chi connectivity index (χ0n) is 14.9. The fourth-order valence-electron chi connectivity index (χ4n) is 3.03. The lowest BCUT2D eigenvalue weighted by molar-refractivity contribution is -0.138. The fraction of sp³-hybridized carbons (Fsp3) is 0.263. The quantitative estimate of drug-likeness (QED) is 0.632. The van der Waals surface area contributed by atoms with Gasteiger partial charge >= 0.3 is 12.2 Å². The summed E-state index contributed by atoms with van der Waals surface area (Å²) in [4.78, 5) is 26.0. The Labute approximate surface area is 157 Å². The van der Waals surface area contributed by atoms with Crippen LogP contribution in [0.4, 0.5) is 22.4 Å². The normalized spacial score (nSPS) is 19.7. The molecule has 0 bridgehead atoms. The van der Waals surface area contributed by atoms with Crippen molar-refractivity contribution in [1.82, 2.24) is 10.2 Å². The zero-order valence-corrected chi connectivity index (χ0v) is 14.9. The molecule has 0 saturated carbocycles. The minimum Gasteiger partial charge on any atom is -0.494 e. The molecule has 1 heterocycles. The molecule has 2 aromatic rings. The summed E-state index contributed by atoms with van der Waals surface area (Å²) in [5.41, 5.74) is -2.26. The van der Waals surface area contributed by atoms with Crippen LogP contribution in [-0.4, -0.2) is 23.9 Å². The van der Waals surface area contributed by atoms with Gasteiger partial charge in [-0.25, -0.2) is 9.18 Å². The second-order valence-electron chi connectivity index (χ2n) is 6.49. The van der Waals surface area contributed by atoms with E-state index < -0.39 is 35.0 Å². The fourth-order valence-corrected chi connectivity index (χ4v) is 3.03. The molecular formula is C19H16F4N2O3. The van der Waals surface area contributed by atoms with Crippen LogP contribution in [0.25, 0.3) is 0 Å². The molecule has 1 aliphatic rings. The summed E-state index contributed by atoms with van der Waals surface area (Å²) in [6.45, 7) is 1.09. The summed E-state index contributed by atoms with van der Waals surface area (Å²) in [6, 6.07) is 7.41. The molecule has 1 atom stereocenters. The van der Waals surface area contributed by atoms with Gasteiger partial charge in [0, 0.05) is 0 Å². The molecule has 148 valence electrons. The molecule has 3 amide bonds. The lowest BCUT2D eigenvalue weighted by atomic mass is 9.90. The first kappa shape index (κ1) is 19.7. The third kappa shape index (κ3) is 3.39. The maximum atomic E-state index is 13.9.